The number of aryl methyl sites for hydroxylation is 1. The summed E-state index contributed by atoms with van der Waals surface area (Å²) in [6, 6.07) is 7.60. The molecule has 3 unspecified atom stereocenters. The van der Waals surface area contributed by atoms with Crippen LogP contribution in [0.4, 0.5) is 0 Å². The number of hydrogen-bond acceptors (Lipinski definition) is 2. The van der Waals surface area contributed by atoms with Crippen molar-refractivity contribution >= 4 is 5.97 Å². The molecule has 0 amide bonds. The van der Waals surface area contributed by atoms with E-state index in [1.807, 2.05) is 18.2 Å². The van der Waals surface area contributed by atoms with Crippen LogP contribution in [0.25, 0.3) is 0 Å². The van der Waals surface area contributed by atoms with Gasteiger partial charge >= 0.3 is 5.97 Å². The number of carboxylic acid groups (broad SMARTS) is 1. The zero-order valence-electron chi connectivity index (χ0n) is 14.9. The van der Waals surface area contributed by atoms with Crippen LogP contribution in [0.3, 0.4) is 0 Å². The van der Waals surface area contributed by atoms with Gasteiger partial charge in [0.05, 0.1) is 0 Å². The van der Waals surface area contributed by atoms with Crippen LogP contribution in [0.5, 0.6) is 5.75 Å². The minimum atomic E-state index is -0.817. The number of carbonyl (C=O) groups is 1. The van der Waals surface area contributed by atoms with E-state index < -0.39 is 5.97 Å². The number of aromatic hydroxyl groups is 1. The van der Waals surface area contributed by atoms with Gasteiger partial charge in [-0.2, -0.15) is 0 Å². The monoisotopic (exact) mass is 350 g/mol. The molecule has 8 atom stereocenters. The molecule has 5 aliphatic carbocycles. The topological polar surface area (TPSA) is 57.5 Å². The molecule has 0 aromatic heterocycles. The Bertz CT molecular complexity index is 762. The normalized spacial score (nSPS) is 41.5. The van der Waals surface area contributed by atoms with Crippen LogP contribution in [-0.2, 0) is 11.2 Å². The predicted octanol–water partition coefficient (Wildman–Crippen LogP) is 4.29. The summed E-state index contributed by atoms with van der Waals surface area (Å²) in [6.45, 7) is 0. The zero-order valence-corrected chi connectivity index (χ0v) is 14.9. The Balaban J connectivity index is 1.27. The van der Waals surface area contributed by atoms with Gasteiger partial charge in [-0.1, -0.05) is 30.4 Å². The molecule has 1 aromatic rings. The highest BCUT2D eigenvalue weighted by molar-refractivity contribution is 5.79. The average Bonchev–Trinajstić information content (AvgIpc) is 2.85. The molecule has 5 aliphatic rings. The van der Waals surface area contributed by atoms with Crippen LogP contribution >= 0.6 is 0 Å². The smallest absolute Gasteiger partial charge is 0.327 e. The summed E-state index contributed by atoms with van der Waals surface area (Å²) < 4.78 is 0. The lowest BCUT2D eigenvalue weighted by Crippen LogP contribution is -2.55. The number of phenolic OH excluding ortho intramolecular Hbond substituents is 1. The van der Waals surface area contributed by atoms with Gasteiger partial charge in [0.25, 0.3) is 0 Å². The first-order valence-electron chi connectivity index (χ1n) is 10.0. The Labute approximate surface area is 154 Å². The summed E-state index contributed by atoms with van der Waals surface area (Å²) in [5, 5.41) is 18.4. The van der Waals surface area contributed by atoms with Gasteiger partial charge in [-0.15, -0.1) is 0 Å². The number of phenols is 1. The number of aliphatic carboxylic acids is 1. The number of carboxylic acids is 1. The van der Waals surface area contributed by atoms with Crippen molar-refractivity contribution in [3.8, 4) is 5.75 Å². The van der Waals surface area contributed by atoms with Crippen molar-refractivity contribution < 1.29 is 15.0 Å². The second-order valence-corrected chi connectivity index (χ2v) is 8.75. The minimum absolute atomic E-state index is 0.335. The lowest BCUT2D eigenvalue weighted by atomic mass is 9.45. The maximum Gasteiger partial charge on any atom is 0.327 e. The third-order valence-corrected chi connectivity index (χ3v) is 7.81. The summed E-state index contributed by atoms with van der Waals surface area (Å²) in [5.41, 5.74) is 1.30. The van der Waals surface area contributed by atoms with Crippen LogP contribution < -0.4 is 0 Å². The van der Waals surface area contributed by atoms with Gasteiger partial charge in [-0.25, -0.2) is 4.79 Å². The molecule has 6 rings (SSSR count). The molecule has 3 heteroatoms. The molecule has 3 saturated carbocycles. The van der Waals surface area contributed by atoms with Crippen molar-refractivity contribution in [1.82, 2.24) is 0 Å². The first kappa shape index (κ1) is 16.2. The van der Waals surface area contributed by atoms with E-state index in [0.717, 1.165) is 30.1 Å². The number of rotatable bonds is 6. The highest BCUT2D eigenvalue weighted by Gasteiger charge is 2.67. The second-order valence-electron chi connectivity index (χ2n) is 8.75. The maximum absolute atomic E-state index is 11.0. The Kier molecular flexibility index (Phi) is 3.73. The Morgan fingerprint density at radius 2 is 1.85 bits per heavy atom. The quantitative estimate of drug-likeness (QED) is 0.594. The predicted molar refractivity (Wildman–Crippen MR) is 99.5 cm³/mol. The summed E-state index contributed by atoms with van der Waals surface area (Å²) in [5.74, 6) is 5.23. The molecule has 0 saturated heterocycles. The molecule has 136 valence electrons. The fourth-order valence-corrected chi connectivity index (χ4v) is 6.98. The van der Waals surface area contributed by atoms with E-state index in [-0.39, 0.29) is 0 Å². The van der Waals surface area contributed by atoms with E-state index in [0.29, 0.717) is 29.4 Å². The van der Waals surface area contributed by atoms with Gasteiger partial charge in [0.2, 0.25) is 0 Å². The third-order valence-electron chi connectivity index (χ3n) is 7.81. The summed E-state index contributed by atoms with van der Waals surface area (Å²) in [6.07, 6.45) is 13.1. The van der Waals surface area contributed by atoms with Gasteiger partial charge in [-0.3, -0.25) is 0 Å². The van der Waals surface area contributed by atoms with Crippen LogP contribution in [0.1, 0.15) is 24.8 Å². The van der Waals surface area contributed by atoms with Crippen LogP contribution in [0.2, 0.25) is 0 Å². The molecule has 3 fully saturated rings. The second kappa shape index (κ2) is 6.00. The summed E-state index contributed by atoms with van der Waals surface area (Å²) in [7, 11) is 0. The van der Waals surface area contributed by atoms with Crippen LogP contribution in [-0.4, -0.2) is 16.2 Å². The number of hydrogen-bond donors (Lipinski definition) is 2. The molecule has 26 heavy (non-hydrogen) atoms. The van der Waals surface area contributed by atoms with Gasteiger partial charge < -0.3 is 10.2 Å². The molecular formula is C23H26O3. The van der Waals surface area contributed by atoms with E-state index in [4.69, 9.17) is 5.11 Å². The fourth-order valence-electron chi connectivity index (χ4n) is 6.98. The van der Waals surface area contributed by atoms with E-state index >= 15 is 0 Å². The van der Waals surface area contributed by atoms with Crippen molar-refractivity contribution in [3.63, 3.8) is 0 Å². The molecule has 0 heterocycles. The molecule has 0 aliphatic heterocycles. The van der Waals surface area contributed by atoms with Crippen LogP contribution in [0, 0.1) is 47.3 Å². The molecule has 2 N–H and O–H groups in total. The Morgan fingerprint density at radius 1 is 1.08 bits per heavy atom. The minimum Gasteiger partial charge on any atom is -0.508 e. The van der Waals surface area contributed by atoms with Crippen molar-refractivity contribution in [1.29, 1.82) is 0 Å². The van der Waals surface area contributed by atoms with E-state index in [1.54, 1.807) is 12.1 Å². The molecular weight excluding hydrogens is 324 g/mol. The maximum atomic E-state index is 11.0. The van der Waals surface area contributed by atoms with Crippen molar-refractivity contribution in [2.45, 2.75) is 25.7 Å². The van der Waals surface area contributed by atoms with Crippen molar-refractivity contribution in [2.24, 2.45) is 47.3 Å². The van der Waals surface area contributed by atoms with E-state index in [2.05, 4.69) is 12.2 Å². The fraction of sp³-hybridized carbons (Fsp3) is 0.522. The lowest BCUT2D eigenvalue weighted by molar-refractivity contribution is -0.131. The number of allylic oxidation sites excluding steroid dienone is 3. The Morgan fingerprint density at radius 3 is 2.62 bits per heavy atom. The molecule has 1 aromatic carbocycles. The molecule has 0 spiro atoms. The standard InChI is InChI=1S/C23H26O3/c24-14-6-4-13(5-7-14)2-1-3-16-20-12-19-15(10-11-21(25)26)17-8-9-18(19)23(20)22(16)17/h4-11,15-20,22-24H,1-3,12H2,(H,25,26)/b11-10+/t15?,16?,17-,18+,19?,20+,22-,23-/m1/s1. The van der Waals surface area contributed by atoms with Crippen molar-refractivity contribution in [3.05, 3.63) is 54.1 Å². The summed E-state index contributed by atoms with van der Waals surface area (Å²) >= 11 is 0. The van der Waals surface area contributed by atoms with E-state index in [9.17, 15) is 9.90 Å². The van der Waals surface area contributed by atoms with Gasteiger partial charge in [-0.05, 0) is 90.7 Å². The van der Waals surface area contributed by atoms with E-state index in [1.165, 1.54) is 30.9 Å². The SMILES string of the molecule is O=C(O)/C=C/C1C2C[C@H]3C(CCCc4ccc(O)cc4)[C@H]4[C@@H]3[C@H]2C=C[C@H]14. The van der Waals surface area contributed by atoms with Gasteiger partial charge in [0, 0.05) is 6.08 Å². The van der Waals surface area contributed by atoms with Gasteiger partial charge in [0.1, 0.15) is 5.75 Å². The largest absolute Gasteiger partial charge is 0.508 e. The molecule has 3 nitrogen and oxygen atoms in total. The average molecular weight is 350 g/mol. The first-order valence-corrected chi connectivity index (χ1v) is 10.0. The summed E-state index contributed by atoms with van der Waals surface area (Å²) in [4.78, 5) is 11.0. The van der Waals surface area contributed by atoms with Crippen molar-refractivity contribution in [2.75, 3.05) is 0 Å². The third kappa shape index (κ3) is 2.36. The highest BCUT2D eigenvalue weighted by atomic mass is 16.4. The lowest BCUT2D eigenvalue weighted by Gasteiger charge is -2.59. The highest BCUT2D eigenvalue weighted by Crippen LogP contribution is 2.72. The molecule has 4 bridgehead atoms. The first-order chi connectivity index (χ1) is 12.6. The van der Waals surface area contributed by atoms with Crippen LogP contribution in [0.15, 0.2) is 48.6 Å². The Hall–Kier alpha value is -2.03. The number of benzene rings is 1. The zero-order chi connectivity index (χ0) is 17.8. The molecule has 0 radical (unpaired) electrons. The van der Waals surface area contributed by atoms with Gasteiger partial charge in [0.15, 0.2) is 0 Å².